The van der Waals surface area contributed by atoms with Crippen LogP contribution in [0.2, 0.25) is 0 Å². The molecule has 0 saturated carbocycles. The zero-order valence-electron chi connectivity index (χ0n) is 22.3. The zero-order valence-corrected chi connectivity index (χ0v) is 23.9. The first-order valence-corrected chi connectivity index (χ1v) is 15.6. The molecule has 1 saturated heterocycles. The third-order valence-corrected chi connectivity index (χ3v) is 9.12. The van der Waals surface area contributed by atoms with Crippen molar-refractivity contribution < 1.29 is 40.8 Å². The second-order valence-electron chi connectivity index (χ2n) is 8.72. The van der Waals surface area contributed by atoms with E-state index in [1.165, 1.54) is 47.8 Å². The molecule has 1 amide bonds. The van der Waals surface area contributed by atoms with Gasteiger partial charge in [0, 0.05) is 25.2 Å². The molecule has 0 spiro atoms. The number of nitrogens with one attached hydrogen (secondary N) is 1. The van der Waals surface area contributed by atoms with E-state index >= 15 is 0 Å². The van der Waals surface area contributed by atoms with Crippen LogP contribution in [0.5, 0.6) is 11.5 Å². The van der Waals surface area contributed by atoms with E-state index in [9.17, 15) is 31.7 Å². The highest BCUT2D eigenvalue weighted by molar-refractivity contribution is 7.92. The summed E-state index contributed by atoms with van der Waals surface area (Å²) in [6.07, 6.45) is 0.956. The monoisotopic (exact) mass is 600 g/mol. The van der Waals surface area contributed by atoms with E-state index in [-0.39, 0.29) is 54.7 Å². The third kappa shape index (κ3) is 7.38. The third-order valence-electron chi connectivity index (χ3n) is 6.04. The van der Waals surface area contributed by atoms with Gasteiger partial charge in [-0.25, -0.2) is 16.8 Å². The van der Waals surface area contributed by atoms with Crippen molar-refractivity contribution in [1.29, 1.82) is 0 Å². The van der Waals surface area contributed by atoms with Crippen molar-refractivity contribution in [3.63, 3.8) is 0 Å². The first-order chi connectivity index (χ1) is 18.9. The number of hydrogen-bond donors (Lipinski definition) is 1. The first kappa shape index (κ1) is 31.1. The Hall–Kier alpha value is -3.47. The molecule has 40 heavy (non-hydrogen) atoms. The maximum atomic E-state index is 13.0. The SMILES string of the molecule is CC[C@H](C(=O)NCCOc1ccc(S(=O)(=O)N2CCOCC2)cc1)N(c1cc([N+](=O)[O-])ccc1OC)S(C)(=O)=O. The fourth-order valence-corrected chi connectivity index (χ4v) is 6.72. The fraction of sp³-hybridized carbons (Fsp3) is 0.458. The van der Waals surface area contributed by atoms with Gasteiger partial charge in [-0.3, -0.25) is 19.2 Å². The molecule has 1 fully saturated rings. The molecule has 0 bridgehead atoms. The van der Waals surface area contributed by atoms with Crippen LogP contribution in [0.15, 0.2) is 47.4 Å². The van der Waals surface area contributed by atoms with Crippen LogP contribution < -0.4 is 19.1 Å². The van der Waals surface area contributed by atoms with E-state index in [0.29, 0.717) is 19.0 Å². The molecule has 2 aromatic carbocycles. The minimum Gasteiger partial charge on any atom is -0.495 e. The Morgan fingerprint density at radius 2 is 1.80 bits per heavy atom. The highest BCUT2D eigenvalue weighted by Gasteiger charge is 2.34. The molecular formula is C24H32N4O10S2. The predicted octanol–water partition coefficient (Wildman–Crippen LogP) is 1.36. The van der Waals surface area contributed by atoms with Gasteiger partial charge >= 0.3 is 0 Å². The van der Waals surface area contributed by atoms with Crippen LogP contribution in [0.25, 0.3) is 0 Å². The number of nitro benzene ring substituents is 1. The van der Waals surface area contributed by atoms with Gasteiger partial charge in [0.25, 0.3) is 5.69 Å². The minimum absolute atomic E-state index is 0.00678. The average Bonchev–Trinajstić information content (AvgIpc) is 2.93. The van der Waals surface area contributed by atoms with Crippen LogP contribution in [0.1, 0.15) is 13.3 Å². The van der Waals surface area contributed by atoms with E-state index in [1.807, 2.05) is 0 Å². The van der Waals surface area contributed by atoms with Crippen LogP contribution in [0.3, 0.4) is 0 Å². The van der Waals surface area contributed by atoms with E-state index in [4.69, 9.17) is 14.2 Å². The summed E-state index contributed by atoms with van der Waals surface area (Å²) >= 11 is 0. The van der Waals surface area contributed by atoms with Crippen LogP contribution in [0.4, 0.5) is 11.4 Å². The number of hydrogen-bond acceptors (Lipinski definition) is 10. The summed E-state index contributed by atoms with van der Waals surface area (Å²) in [5.74, 6) is -0.219. The zero-order chi connectivity index (χ0) is 29.5. The molecule has 1 aliphatic rings. The topological polar surface area (TPSA) is 175 Å². The number of nitrogens with zero attached hydrogens (tertiary/aromatic N) is 3. The number of sulfonamides is 2. The molecule has 14 nitrogen and oxygen atoms in total. The molecule has 1 N–H and O–H groups in total. The lowest BCUT2D eigenvalue weighted by Crippen LogP contribution is -2.50. The van der Waals surface area contributed by atoms with Gasteiger partial charge in [0.2, 0.25) is 26.0 Å². The lowest BCUT2D eigenvalue weighted by atomic mass is 10.1. The Morgan fingerprint density at radius 1 is 1.15 bits per heavy atom. The Morgan fingerprint density at radius 3 is 2.35 bits per heavy atom. The van der Waals surface area contributed by atoms with Crippen molar-refractivity contribution in [2.75, 3.05) is 57.1 Å². The summed E-state index contributed by atoms with van der Waals surface area (Å²) in [4.78, 5) is 23.8. The largest absolute Gasteiger partial charge is 0.495 e. The summed E-state index contributed by atoms with van der Waals surface area (Å²) in [5.41, 5.74) is -0.499. The number of carbonyl (C=O) groups is 1. The Bertz CT molecular complexity index is 1410. The molecule has 1 atom stereocenters. The predicted molar refractivity (Wildman–Crippen MR) is 146 cm³/mol. The van der Waals surface area contributed by atoms with Gasteiger partial charge in [0.1, 0.15) is 29.8 Å². The number of non-ortho nitro benzene ring substituents is 1. The van der Waals surface area contributed by atoms with Gasteiger partial charge in [0.05, 0.1) is 42.9 Å². The Labute approximate surface area is 233 Å². The highest BCUT2D eigenvalue weighted by Crippen LogP contribution is 2.35. The quantitative estimate of drug-likeness (QED) is 0.201. The maximum absolute atomic E-state index is 13.0. The number of rotatable bonds is 13. The number of amides is 1. The number of nitro groups is 1. The summed E-state index contributed by atoms with van der Waals surface area (Å²) in [6.45, 7) is 2.87. The van der Waals surface area contributed by atoms with Gasteiger partial charge in [-0.1, -0.05) is 6.92 Å². The van der Waals surface area contributed by atoms with Crippen molar-refractivity contribution in [3.8, 4) is 11.5 Å². The maximum Gasteiger partial charge on any atom is 0.271 e. The van der Waals surface area contributed by atoms with E-state index in [1.54, 1.807) is 6.92 Å². The number of anilines is 1. The molecule has 3 rings (SSSR count). The normalized spacial score (nSPS) is 15.2. The van der Waals surface area contributed by atoms with Gasteiger partial charge in [-0.05, 0) is 36.8 Å². The van der Waals surface area contributed by atoms with Crippen molar-refractivity contribution >= 4 is 37.3 Å². The molecule has 1 heterocycles. The molecule has 1 aliphatic heterocycles. The number of carbonyl (C=O) groups excluding carboxylic acids is 1. The van der Waals surface area contributed by atoms with E-state index in [2.05, 4.69) is 5.32 Å². The Kier molecular flexibility index (Phi) is 10.3. The molecular weight excluding hydrogens is 568 g/mol. The smallest absolute Gasteiger partial charge is 0.271 e. The second kappa shape index (κ2) is 13.3. The van der Waals surface area contributed by atoms with Gasteiger partial charge in [0.15, 0.2) is 0 Å². The van der Waals surface area contributed by atoms with Crippen LogP contribution in [-0.2, 0) is 29.6 Å². The minimum atomic E-state index is -4.07. The van der Waals surface area contributed by atoms with E-state index < -0.39 is 36.9 Å². The molecule has 0 aliphatic carbocycles. The van der Waals surface area contributed by atoms with Crippen molar-refractivity contribution in [1.82, 2.24) is 9.62 Å². The number of methoxy groups -OCH3 is 1. The van der Waals surface area contributed by atoms with Crippen LogP contribution >= 0.6 is 0 Å². The van der Waals surface area contributed by atoms with Gasteiger partial charge < -0.3 is 19.5 Å². The summed E-state index contributed by atoms with van der Waals surface area (Å²) in [6, 6.07) is 8.13. The molecule has 2 aromatic rings. The average molecular weight is 601 g/mol. The van der Waals surface area contributed by atoms with Crippen molar-refractivity contribution in [2.24, 2.45) is 0 Å². The first-order valence-electron chi connectivity index (χ1n) is 12.3. The van der Waals surface area contributed by atoms with Crippen molar-refractivity contribution in [2.45, 2.75) is 24.3 Å². The molecule has 16 heteroatoms. The number of benzene rings is 2. The Balaban J connectivity index is 1.66. The van der Waals surface area contributed by atoms with Gasteiger partial charge in [-0.2, -0.15) is 4.31 Å². The lowest BCUT2D eigenvalue weighted by Gasteiger charge is -2.30. The van der Waals surface area contributed by atoms with E-state index in [0.717, 1.165) is 16.6 Å². The summed E-state index contributed by atoms with van der Waals surface area (Å²) in [5, 5.41) is 13.9. The molecule has 220 valence electrons. The number of morpholine rings is 1. The van der Waals surface area contributed by atoms with Crippen LogP contribution in [-0.4, -0.2) is 90.8 Å². The molecule has 0 unspecified atom stereocenters. The molecule has 0 radical (unpaired) electrons. The standard InChI is InChI=1S/C24H32N4O10S2/c1-4-21(27(39(3,32)33)22-17-18(28(30)31)5-10-23(22)36-2)24(29)25-11-14-38-19-6-8-20(9-7-19)40(34,35)26-12-15-37-16-13-26/h5-10,17,21H,4,11-16H2,1-3H3,(H,25,29)/t21-/m1/s1. The second-order valence-corrected chi connectivity index (χ2v) is 12.5. The van der Waals surface area contributed by atoms with Crippen LogP contribution in [0, 0.1) is 10.1 Å². The number of ether oxygens (including phenoxy) is 3. The summed E-state index contributed by atoms with van der Waals surface area (Å²) in [7, 11) is -6.43. The lowest BCUT2D eigenvalue weighted by molar-refractivity contribution is -0.384. The fourth-order valence-electron chi connectivity index (χ4n) is 4.10. The highest BCUT2D eigenvalue weighted by atomic mass is 32.2. The summed E-state index contributed by atoms with van der Waals surface area (Å²) < 4.78 is 69.2. The molecule has 0 aromatic heterocycles. The van der Waals surface area contributed by atoms with Crippen molar-refractivity contribution in [3.05, 3.63) is 52.6 Å². The van der Waals surface area contributed by atoms with Gasteiger partial charge in [-0.15, -0.1) is 0 Å².